The van der Waals surface area contributed by atoms with Gasteiger partial charge in [0.2, 0.25) is 0 Å². The zero-order chi connectivity index (χ0) is 39.6. The van der Waals surface area contributed by atoms with Crippen molar-refractivity contribution in [2.24, 2.45) is 46.3 Å². The van der Waals surface area contributed by atoms with Crippen molar-refractivity contribution in [3.63, 3.8) is 0 Å². The summed E-state index contributed by atoms with van der Waals surface area (Å²) in [5, 5.41) is 32.4. The van der Waals surface area contributed by atoms with Gasteiger partial charge in [-0.15, -0.1) is 0 Å². The smallest absolute Gasteiger partial charge is 0.305 e. The second-order valence-corrected chi connectivity index (χ2v) is 20.1. The molecule has 1 saturated heterocycles. The number of aliphatic hydroxyl groups is 3. The molecule has 3 saturated carbocycles. The molecule has 4 fully saturated rings. The van der Waals surface area contributed by atoms with Gasteiger partial charge < -0.3 is 29.5 Å². The lowest BCUT2D eigenvalue weighted by Gasteiger charge is -2.58. The first-order valence-electron chi connectivity index (χ1n) is 23.6. The first-order valence-corrected chi connectivity index (χ1v) is 23.6. The lowest BCUT2D eigenvalue weighted by Crippen LogP contribution is -2.60. The van der Waals surface area contributed by atoms with E-state index >= 15 is 0 Å². The molecule has 13 unspecified atom stereocenters. The molecule has 1 aliphatic heterocycles. The van der Waals surface area contributed by atoms with Gasteiger partial charge in [-0.25, -0.2) is 0 Å². The Morgan fingerprint density at radius 1 is 0.800 bits per heavy atom. The molecule has 3 N–H and O–H groups in total. The standard InChI is InChI=1S/C48H84O7/c1-7-8-9-10-11-12-13-14-15-16-17-18-22-42(49)53-32-41-43(50)44(51)45(52)46(55-41)54-36-27-29-47(5)35(31-36)23-24-37-39-26-25-38(34(4)21-19-20-33(2)3)48(39,6)30-28-40(37)47/h23,33-34,36-41,43-46,50-52H,7-22,24-32H2,1-6H3. The average molecular weight is 773 g/mol. The van der Waals surface area contributed by atoms with Crippen LogP contribution in [0.4, 0.5) is 0 Å². The van der Waals surface area contributed by atoms with Gasteiger partial charge in [-0.05, 0) is 104 Å². The van der Waals surface area contributed by atoms with Crippen molar-refractivity contribution < 1.29 is 34.3 Å². The fourth-order valence-electron chi connectivity index (χ4n) is 12.5. The number of aliphatic hydroxyl groups excluding tert-OH is 3. The number of esters is 1. The number of hydrogen-bond acceptors (Lipinski definition) is 7. The Kier molecular flexibility index (Phi) is 17.5. The summed E-state index contributed by atoms with van der Waals surface area (Å²) >= 11 is 0. The third-order valence-corrected chi connectivity index (χ3v) is 15.9. The van der Waals surface area contributed by atoms with Crippen LogP contribution in [0.5, 0.6) is 0 Å². The highest BCUT2D eigenvalue weighted by Gasteiger charge is 2.59. The van der Waals surface area contributed by atoms with Crippen LogP contribution in [0.2, 0.25) is 0 Å². The Bertz CT molecular complexity index is 1190. The highest BCUT2D eigenvalue weighted by Crippen LogP contribution is 2.67. The summed E-state index contributed by atoms with van der Waals surface area (Å²) in [6.45, 7) is 14.5. The first-order chi connectivity index (χ1) is 26.4. The number of hydrogen-bond donors (Lipinski definition) is 3. The van der Waals surface area contributed by atoms with E-state index in [1.165, 1.54) is 108 Å². The first kappa shape index (κ1) is 45.1. The number of allylic oxidation sites excluding steroid dienone is 1. The fraction of sp³-hybridized carbons (Fsp3) is 0.938. The number of ether oxygens (including phenoxy) is 3. The SMILES string of the molecule is CCCCCCCCCCCCCCC(=O)OCC1OC(OC2CCC3(C)C(=CCC4C3CCC3(C)C(C(C)CCCC(C)C)CCC43)C2)C(O)C(O)C1O. The average Bonchev–Trinajstić information content (AvgIpc) is 3.52. The van der Waals surface area contributed by atoms with Crippen LogP contribution in [-0.4, -0.2) is 64.7 Å². The molecule has 7 heteroatoms. The summed E-state index contributed by atoms with van der Waals surface area (Å²) in [4.78, 5) is 12.6. The Morgan fingerprint density at radius 3 is 2.15 bits per heavy atom. The number of rotatable bonds is 22. The summed E-state index contributed by atoms with van der Waals surface area (Å²) in [6, 6.07) is 0. The van der Waals surface area contributed by atoms with E-state index in [0.29, 0.717) is 17.8 Å². The maximum atomic E-state index is 12.6. The van der Waals surface area contributed by atoms with Crippen molar-refractivity contribution in [3.8, 4) is 0 Å². The summed E-state index contributed by atoms with van der Waals surface area (Å²) in [6.07, 6.45) is 24.8. The van der Waals surface area contributed by atoms with Crippen molar-refractivity contribution in [2.75, 3.05) is 6.61 Å². The topological polar surface area (TPSA) is 105 Å². The van der Waals surface area contributed by atoms with E-state index in [0.717, 1.165) is 74.5 Å². The van der Waals surface area contributed by atoms with Crippen molar-refractivity contribution in [3.05, 3.63) is 11.6 Å². The molecule has 5 rings (SSSR count). The number of unbranched alkanes of at least 4 members (excludes halogenated alkanes) is 11. The third kappa shape index (κ3) is 11.4. The molecule has 13 atom stereocenters. The van der Waals surface area contributed by atoms with Crippen LogP contribution in [0.25, 0.3) is 0 Å². The maximum Gasteiger partial charge on any atom is 0.305 e. The summed E-state index contributed by atoms with van der Waals surface area (Å²) in [5.41, 5.74) is 2.15. The zero-order valence-electron chi connectivity index (χ0n) is 36.2. The van der Waals surface area contributed by atoms with E-state index in [2.05, 4.69) is 47.6 Å². The Labute approximate surface area is 336 Å². The largest absolute Gasteiger partial charge is 0.463 e. The van der Waals surface area contributed by atoms with Crippen LogP contribution in [-0.2, 0) is 19.0 Å². The molecule has 4 aliphatic carbocycles. The van der Waals surface area contributed by atoms with Crippen molar-refractivity contribution in [1.82, 2.24) is 0 Å². The molecule has 0 aromatic rings. The molecule has 0 radical (unpaired) electrons. The minimum atomic E-state index is -1.44. The molecule has 1 heterocycles. The molecule has 0 aromatic carbocycles. The van der Waals surface area contributed by atoms with E-state index in [1.807, 2.05) is 0 Å². The Balaban J connectivity index is 1.05. The third-order valence-electron chi connectivity index (χ3n) is 15.9. The van der Waals surface area contributed by atoms with Crippen LogP contribution in [0.3, 0.4) is 0 Å². The highest BCUT2D eigenvalue weighted by molar-refractivity contribution is 5.69. The van der Waals surface area contributed by atoms with E-state index in [9.17, 15) is 20.1 Å². The Hall–Kier alpha value is -0.990. The van der Waals surface area contributed by atoms with Gasteiger partial charge in [0.1, 0.15) is 31.0 Å². The number of carbonyl (C=O) groups excluding carboxylic acids is 1. The second kappa shape index (κ2) is 21.3. The predicted molar refractivity (Wildman–Crippen MR) is 221 cm³/mol. The van der Waals surface area contributed by atoms with Gasteiger partial charge in [0.15, 0.2) is 6.29 Å². The monoisotopic (exact) mass is 773 g/mol. The van der Waals surface area contributed by atoms with E-state index in [4.69, 9.17) is 14.2 Å². The summed E-state index contributed by atoms with van der Waals surface area (Å²) in [7, 11) is 0. The molecule has 55 heavy (non-hydrogen) atoms. The molecule has 0 bridgehead atoms. The molecule has 0 spiro atoms. The minimum Gasteiger partial charge on any atom is -0.463 e. The molecule has 0 aromatic heterocycles. The van der Waals surface area contributed by atoms with Crippen LogP contribution in [0.15, 0.2) is 11.6 Å². The van der Waals surface area contributed by atoms with Crippen LogP contribution < -0.4 is 0 Å². The van der Waals surface area contributed by atoms with Gasteiger partial charge >= 0.3 is 5.97 Å². The van der Waals surface area contributed by atoms with Crippen LogP contribution in [0.1, 0.15) is 196 Å². The highest BCUT2D eigenvalue weighted by atomic mass is 16.7. The predicted octanol–water partition coefficient (Wildman–Crippen LogP) is 10.9. The lowest BCUT2D eigenvalue weighted by molar-refractivity contribution is -0.313. The maximum absolute atomic E-state index is 12.6. The molecule has 318 valence electrons. The molecule has 7 nitrogen and oxygen atoms in total. The number of fused-ring (bicyclic) bond motifs is 5. The molecular weight excluding hydrogens is 689 g/mol. The molecular formula is C48H84O7. The van der Waals surface area contributed by atoms with Gasteiger partial charge in [-0.3, -0.25) is 4.79 Å². The van der Waals surface area contributed by atoms with Crippen LogP contribution >= 0.6 is 0 Å². The quantitative estimate of drug-likeness (QED) is 0.0571. The van der Waals surface area contributed by atoms with Crippen molar-refractivity contribution >= 4 is 5.97 Å². The van der Waals surface area contributed by atoms with Gasteiger partial charge in [0.05, 0.1) is 6.10 Å². The summed E-state index contributed by atoms with van der Waals surface area (Å²) < 4.78 is 18.0. The zero-order valence-corrected chi connectivity index (χ0v) is 36.2. The lowest BCUT2D eigenvalue weighted by atomic mass is 9.47. The van der Waals surface area contributed by atoms with Gasteiger partial charge in [0.25, 0.3) is 0 Å². The van der Waals surface area contributed by atoms with Gasteiger partial charge in [-0.2, -0.15) is 0 Å². The molecule has 5 aliphatic rings. The number of carbonyl (C=O) groups is 1. The summed E-state index contributed by atoms with van der Waals surface area (Å²) in [5.74, 6) is 4.45. The second-order valence-electron chi connectivity index (χ2n) is 20.1. The van der Waals surface area contributed by atoms with Crippen molar-refractivity contribution in [2.45, 2.75) is 232 Å². The van der Waals surface area contributed by atoms with E-state index < -0.39 is 30.7 Å². The normalized spacial score (nSPS) is 37.9. The van der Waals surface area contributed by atoms with Gasteiger partial charge in [-0.1, -0.05) is 143 Å². The van der Waals surface area contributed by atoms with Crippen molar-refractivity contribution in [1.29, 1.82) is 0 Å². The van der Waals surface area contributed by atoms with E-state index in [1.54, 1.807) is 0 Å². The van der Waals surface area contributed by atoms with E-state index in [-0.39, 0.29) is 24.1 Å². The molecule has 0 amide bonds. The fourth-order valence-corrected chi connectivity index (χ4v) is 12.5. The van der Waals surface area contributed by atoms with Crippen LogP contribution in [0, 0.1) is 46.3 Å². The Morgan fingerprint density at radius 2 is 1.47 bits per heavy atom. The van der Waals surface area contributed by atoms with Gasteiger partial charge in [0, 0.05) is 6.42 Å². The minimum absolute atomic E-state index is 0.136.